The second kappa shape index (κ2) is 3.31. The number of nitrogens with two attached hydrogens (primary N) is 1. The molecule has 0 amide bonds. The Morgan fingerprint density at radius 3 is 2.62 bits per heavy atom. The predicted molar refractivity (Wildman–Crippen MR) is 47.1 cm³/mol. The maximum absolute atomic E-state index is 12.8. The van der Waals surface area contributed by atoms with Gasteiger partial charge < -0.3 is 5.73 Å². The van der Waals surface area contributed by atoms with Crippen molar-refractivity contribution in [2.45, 2.75) is 4.90 Å². The zero-order chi connectivity index (χ0) is 10.1. The van der Waals surface area contributed by atoms with Gasteiger partial charge >= 0.3 is 0 Å². The van der Waals surface area contributed by atoms with Gasteiger partial charge in [0.1, 0.15) is 10.7 Å². The van der Waals surface area contributed by atoms with Gasteiger partial charge in [0.15, 0.2) is 0 Å². The molecule has 0 aliphatic carbocycles. The third-order valence-electron chi connectivity index (χ3n) is 1.57. The molecule has 0 saturated heterocycles. The van der Waals surface area contributed by atoms with Crippen LogP contribution < -0.4 is 10.5 Å². The number of benzene rings is 1. The minimum Gasteiger partial charge on any atom is -0.395 e. The van der Waals surface area contributed by atoms with E-state index >= 15 is 0 Å². The van der Waals surface area contributed by atoms with E-state index in [2.05, 4.69) is 4.72 Å². The third-order valence-corrected chi connectivity index (χ3v) is 3.04. The van der Waals surface area contributed by atoms with Crippen LogP contribution in [0.5, 0.6) is 0 Å². The average Bonchev–Trinajstić information content (AvgIpc) is 2.09. The highest BCUT2D eigenvalue weighted by molar-refractivity contribution is 7.89. The number of halogens is 1. The molecular weight excluding hydrogens is 195 g/mol. The van der Waals surface area contributed by atoms with Crippen molar-refractivity contribution in [2.24, 2.45) is 0 Å². The highest BCUT2D eigenvalue weighted by Crippen LogP contribution is 2.20. The first-order chi connectivity index (χ1) is 5.99. The first kappa shape index (κ1) is 9.94. The Bertz CT molecular complexity index is 417. The van der Waals surface area contributed by atoms with Crippen LogP contribution in [0.15, 0.2) is 23.1 Å². The van der Waals surface area contributed by atoms with E-state index in [1.165, 1.54) is 19.2 Å². The molecule has 0 aromatic heterocycles. The van der Waals surface area contributed by atoms with E-state index in [0.29, 0.717) is 0 Å². The van der Waals surface area contributed by atoms with Crippen LogP contribution in [0.2, 0.25) is 0 Å². The molecule has 1 aromatic rings. The molecule has 0 fully saturated rings. The van der Waals surface area contributed by atoms with Crippen molar-refractivity contribution < 1.29 is 12.8 Å². The molecule has 0 saturated carbocycles. The summed E-state index contributed by atoms with van der Waals surface area (Å²) in [6, 6.07) is 3.63. The van der Waals surface area contributed by atoms with Gasteiger partial charge in [0, 0.05) is 0 Å². The highest BCUT2D eigenvalue weighted by Gasteiger charge is 2.16. The average molecular weight is 204 g/mol. The summed E-state index contributed by atoms with van der Waals surface area (Å²) in [5.41, 5.74) is 4.89. The van der Waals surface area contributed by atoms with Crippen LogP contribution in [0.3, 0.4) is 0 Å². The molecule has 0 bridgehead atoms. The molecule has 1 rings (SSSR count). The van der Waals surface area contributed by atoms with Crippen LogP contribution >= 0.6 is 0 Å². The lowest BCUT2D eigenvalue weighted by atomic mass is 10.3. The topological polar surface area (TPSA) is 72.2 Å². The molecule has 0 atom stereocenters. The van der Waals surface area contributed by atoms with Crippen molar-refractivity contribution in [3.8, 4) is 0 Å². The summed E-state index contributed by atoms with van der Waals surface area (Å²) in [7, 11) is -2.43. The maximum atomic E-state index is 12.8. The monoisotopic (exact) mass is 204 g/mol. The van der Waals surface area contributed by atoms with Crippen molar-refractivity contribution in [3.05, 3.63) is 24.0 Å². The third kappa shape index (κ3) is 1.78. The smallest absolute Gasteiger partial charge is 0.242 e. The van der Waals surface area contributed by atoms with Gasteiger partial charge in [-0.1, -0.05) is 6.07 Å². The summed E-state index contributed by atoms with van der Waals surface area (Å²) in [6.07, 6.45) is 0. The van der Waals surface area contributed by atoms with E-state index in [0.717, 1.165) is 6.07 Å². The number of para-hydroxylation sites is 1. The van der Waals surface area contributed by atoms with E-state index in [-0.39, 0.29) is 10.6 Å². The number of hydrogen-bond acceptors (Lipinski definition) is 3. The summed E-state index contributed by atoms with van der Waals surface area (Å²) in [5, 5.41) is 0. The fourth-order valence-corrected chi connectivity index (χ4v) is 1.73. The molecular formula is C7H9FN2O2S. The van der Waals surface area contributed by atoms with Gasteiger partial charge in [-0.2, -0.15) is 0 Å². The van der Waals surface area contributed by atoms with Crippen LogP contribution in [-0.4, -0.2) is 15.5 Å². The first-order valence-corrected chi connectivity index (χ1v) is 4.95. The first-order valence-electron chi connectivity index (χ1n) is 3.46. The van der Waals surface area contributed by atoms with Gasteiger partial charge in [0.25, 0.3) is 0 Å². The van der Waals surface area contributed by atoms with Gasteiger partial charge in [0.2, 0.25) is 10.0 Å². The van der Waals surface area contributed by atoms with E-state index in [9.17, 15) is 12.8 Å². The Balaban J connectivity index is 3.40. The van der Waals surface area contributed by atoms with E-state index < -0.39 is 15.8 Å². The SMILES string of the molecule is CNS(=O)(=O)c1cccc(F)c1N. The largest absolute Gasteiger partial charge is 0.395 e. The Morgan fingerprint density at radius 2 is 2.08 bits per heavy atom. The number of nitrogens with one attached hydrogen (secondary N) is 1. The Kier molecular flexibility index (Phi) is 2.53. The van der Waals surface area contributed by atoms with E-state index in [4.69, 9.17) is 5.73 Å². The molecule has 0 aliphatic heterocycles. The Labute approximate surface area is 75.6 Å². The van der Waals surface area contributed by atoms with Crippen molar-refractivity contribution in [1.29, 1.82) is 0 Å². The van der Waals surface area contributed by atoms with Gasteiger partial charge in [-0.05, 0) is 19.2 Å². The summed E-state index contributed by atoms with van der Waals surface area (Å²) in [5.74, 6) is -0.740. The molecule has 72 valence electrons. The summed E-state index contributed by atoms with van der Waals surface area (Å²) in [4.78, 5) is -0.241. The molecule has 0 heterocycles. The normalized spacial score (nSPS) is 11.5. The second-order valence-electron chi connectivity index (χ2n) is 2.36. The van der Waals surface area contributed by atoms with Crippen molar-refractivity contribution in [2.75, 3.05) is 12.8 Å². The van der Waals surface area contributed by atoms with Gasteiger partial charge in [-0.15, -0.1) is 0 Å². The number of sulfonamides is 1. The van der Waals surface area contributed by atoms with Crippen molar-refractivity contribution >= 4 is 15.7 Å². The molecule has 13 heavy (non-hydrogen) atoms. The van der Waals surface area contributed by atoms with Gasteiger partial charge in [0.05, 0.1) is 5.69 Å². The van der Waals surface area contributed by atoms with Gasteiger partial charge in [-0.25, -0.2) is 17.5 Å². The Morgan fingerprint density at radius 1 is 1.46 bits per heavy atom. The summed E-state index contributed by atoms with van der Waals surface area (Å²) >= 11 is 0. The molecule has 0 spiro atoms. The zero-order valence-corrected chi connectivity index (χ0v) is 7.73. The number of nitrogen functional groups attached to an aromatic ring is 1. The molecule has 0 radical (unpaired) electrons. The lowest BCUT2D eigenvalue weighted by molar-refractivity contribution is 0.585. The second-order valence-corrected chi connectivity index (χ2v) is 4.21. The molecule has 6 heteroatoms. The Hall–Kier alpha value is -1.14. The molecule has 0 unspecified atom stereocenters. The molecule has 1 aromatic carbocycles. The molecule has 3 N–H and O–H groups in total. The standard InChI is InChI=1S/C7H9FN2O2S/c1-10-13(11,12)6-4-2-3-5(8)7(6)9/h2-4,10H,9H2,1H3. The molecule has 4 nitrogen and oxygen atoms in total. The quantitative estimate of drug-likeness (QED) is 0.681. The minimum atomic E-state index is -3.67. The lowest BCUT2D eigenvalue weighted by Gasteiger charge is -2.05. The van der Waals surface area contributed by atoms with E-state index in [1.54, 1.807) is 0 Å². The van der Waals surface area contributed by atoms with E-state index in [1.807, 2.05) is 0 Å². The number of rotatable bonds is 2. The predicted octanol–water partition coefficient (Wildman–Crippen LogP) is 0.316. The number of hydrogen-bond donors (Lipinski definition) is 2. The zero-order valence-electron chi connectivity index (χ0n) is 6.91. The minimum absolute atomic E-state index is 0.241. The van der Waals surface area contributed by atoms with Crippen LogP contribution in [0, 0.1) is 5.82 Å². The fraction of sp³-hybridized carbons (Fsp3) is 0.143. The van der Waals surface area contributed by atoms with Gasteiger partial charge in [-0.3, -0.25) is 0 Å². The molecule has 0 aliphatic rings. The summed E-state index contributed by atoms with van der Waals surface area (Å²) in [6.45, 7) is 0. The maximum Gasteiger partial charge on any atom is 0.242 e. The number of anilines is 1. The van der Waals surface area contributed by atoms with Crippen LogP contribution in [0.25, 0.3) is 0 Å². The highest BCUT2D eigenvalue weighted by atomic mass is 32.2. The lowest BCUT2D eigenvalue weighted by Crippen LogP contribution is -2.20. The van der Waals surface area contributed by atoms with Crippen LogP contribution in [-0.2, 0) is 10.0 Å². The van der Waals surface area contributed by atoms with Crippen LogP contribution in [0.1, 0.15) is 0 Å². The van der Waals surface area contributed by atoms with Crippen LogP contribution in [0.4, 0.5) is 10.1 Å². The van der Waals surface area contributed by atoms with Crippen molar-refractivity contribution in [1.82, 2.24) is 4.72 Å². The van der Waals surface area contributed by atoms with Crippen molar-refractivity contribution in [3.63, 3.8) is 0 Å². The summed E-state index contributed by atoms with van der Waals surface area (Å²) < 4.78 is 37.3. The fourth-order valence-electron chi connectivity index (χ4n) is 0.862.